The van der Waals surface area contributed by atoms with Crippen LogP contribution >= 0.6 is 0 Å². The van der Waals surface area contributed by atoms with Gasteiger partial charge in [-0.2, -0.15) is 0 Å². The lowest BCUT2D eigenvalue weighted by Crippen LogP contribution is -2.31. The molecular formula is C21H24N2O3S. The van der Waals surface area contributed by atoms with Gasteiger partial charge in [0.15, 0.2) is 0 Å². The zero-order valence-corrected chi connectivity index (χ0v) is 16.2. The first kappa shape index (κ1) is 20.6. The number of sulfonamides is 1. The Morgan fingerprint density at radius 2 is 1.78 bits per heavy atom. The van der Waals surface area contributed by atoms with Crippen LogP contribution in [0, 0.1) is 0 Å². The van der Waals surface area contributed by atoms with Crippen molar-refractivity contribution in [3.63, 3.8) is 0 Å². The summed E-state index contributed by atoms with van der Waals surface area (Å²) in [6, 6.07) is 16.3. The largest absolute Gasteiger partial charge is 0.335 e. The van der Waals surface area contributed by atoms with Gasteiger partial charge in [-0.1, -0.05) is 48.5 Å². The second kappa shape index (κ2) is 9.85. The molecule has 0 aliphatic rings. The van der Waals surface area contributed by atoms with Gasteiger partial charge in [0.25, 0.3) is 0 Å². The van der Waals surface area contributed by atoms with E-state index in [0.29, 0.717) is 13.1 Å². The van der Waals surface area contributed by atoms with E-state index in [1.165, 1.54) is 30.8 Å². The van der Waals surface area contributed by atoms with Crippen molar-refractivity contribution < 1.29 is 13.2 Å². The minimum atomic E-state index is -3.46. The number of rotatable bonds is 9. The third kappa shape index (κ3) is 6.20. The number of nitrogens with zero attached hydrogens (tertiary/aromatic N) is 1. The van der Waals surface area contributed by atoms with E-state index in [0.717, 1.165) is 12.0 Å². The second-order valence-corrected chi connectivity index (χ2v) is 7.80. The molecule has 0 saturated carbocycles. The molecule has 0 heterocycles. The van der Waals surface area contributed by atoms with Crippen molar-refractivity contribution in [2.75, 3.05) is 20.1 Å². The fourth-order valence-electron chi connectivity index (χ4n) is 2.50. The molecule has 0 radical (unpaired) electrons. The summed E-state index contributed by atoms with van der Waals surface area (Å²) >= 11 is 0. The maximum atomic E-state index is 12.5. The van der Waals surface area contributed by atoms with Gasteiger partial charge in [0, 0.05) is 19.2 Å². The smallest absolute Gasteiger partial charge is 0.246 e. The predicted octanol–water partition coefficient (Wildman–Crippen LogP) is 2.87. The van der Waals surface area contributed by atoms with Crippen molar-refractivity contribution in [2.24, 2.45) is 0 Å². The number of hydrogen-bond donors (Lipinski definition) is 1. The third-order valence-electron chi connectivity index (χ3n) is 4.05. The summed E-state index contributed by atoms with van der Waals surface area (Å²) in [6.45, 7) is 4.78. The molecular weight excluding hydrogens is 360 g/mol. The number of benzene rings is 2. The van der Waals surface area contributed by atoms with Gasteiger partial charge in [0.1, 0.15) is 0 Å². The second-order valence-electron chi connectivity index (χ2n) is 5.92. The lowest BCUT2D eigenvalue weighted by molar-refractivity contribution is -0.125. The third-order valence-corrected chi connectivity index (χ3v) is 5.48. The molecule has 142 valence electrons. The van der Waals surface area contributed by atoms with E-state index in [9.17, 15) is 13.2 Å². The van der Waals surface area contributed by atoms with E-state index in [1.54, 1.807) is 29.2 Å². The van der Waals surface area contributed by atoms with E-state index < -0.39 is 10.0 Å². The van der Waals surface area contributed by atoms with Gasteiger partial charge < -0.3 is 4.90 Å². The molecule has 0 aliphatic carbocycles. The summed E-state index contributed by atoms with van der Waals surface area (Å²) in [4.78, 5) is 14.4. The van der Waals surface area contributed by atoms with Crippen LogP contribution in [0.2, 0.25) is 0 Å². The number of carbonyl (C=O) groups is 1. The van der Waals surface area contributed by atoms with E-state index in [-0.39, 0.29) is 10.8 Å². The Labute approximate surface area is 161 Å². The molecule has 5 nitrogen and oxygen atoms in total. The van der Waals surface area contributed by atoms with Crippen LogP contribution < -0.4 is 4.72 Å². The minimum Gasteiger partial charge on any atom is -0.335 e. The highest BCUT2D eigenvalue weighted by Crippen LogP contribution is 2.11. The maximum Gasteiger partial charge on any atom is 0.246 e. The zero-order valence-electron chi connectivity index (χ0n) is 15.3. The molecule has 2 rings (SSSR count). The van der Waals surface area contributed by atoms with Crippen LogP contribution in [0.15, 0.2) is 78.2 Å². The van der Waals surface area contributed by atoms with E-state index in [1.807, 2.05) is 30.3 Å². The van der Waals surface area contributed by atoms with Crippen LogP contribution in [-0.4, -0.2) is 39.4 Å². The van der Waals surface area contributed by atoms with Gasteiger partial charge >= 0.3 is 0 Å². The fourth-order valence-corrected chi connectivity index (χ4v) is 3.23. The standard InChI is InChI=1S/C21H24N2O3S/c1-3-16-23(17-15-18-7-5-4-6-8-18)21(24)14-11-19-9-12-20(13-10-19)27(25,26)22-2/h3-14,22H,1,15-17H2,2H3/b14-11+. The van der Waals surface area contributed by atoms with Crippen molar-refractivity contribution >= 4 is 22.0 Å². The fraction of sp³-hybridized carbons (Fsp3) is 0.190. The Kier molecular flexibility index (Phi) is 7.52. The van der Waals surface area contributed by atoms with Crippen molar-refractivity contribution in [3.8, 4) is 0 Å². The van der Waals surface area contributed by atoms with Crippen LogP contribution in [0.3, 0.4) is 0 Å². The topological polar surface area (TPSA) is 66.5 Å². The van der Waals surface area contributed by atoms with Gasteiger partial charge in [-0.15, -0.1) is 6.58 Å². The quantitative estimate of drug-likeness (QED) is 0.534. The lowest BCUT2D eigenvalue weighted by atomic mass is 10.1. The monoisotopic (exact) mass is 384 g/mol. The number of amides is 1. The first-order valence-corrected chi connectivity index (χ1v) is 10.1. The van der Waals surface area contributed by atoms with Crippen LogP contribution in [0.4, 0.5) is 0 Å². The number of carbonyl (C=O) groups excluding carboxylic acids is 1. The predicted molar refractivity (Wildman–Crippen MR) is 109 cm³/mol. The molecule has 6 heteroatoms. The van der Waals surface area contributed by atoms with Crippen molar-refractivity contribution in [3.05, 3.63) is 84.5 Å². The molecule has 0 bridgehead atoms. The SMILES string of the molecule is C=CCN(CCc1ccccc1)C(=O)/C=C/c1ccc(S(=O)(=O)NC)cc1. The molecule has 0 fully saturated rings. The Balaban J connectivity index is 2.02. The highest BCUT2D eigenvalue weighted by atomic mass is 32.2. The van der Waals surface area contributed by atoms with Crippen molar-refractivity contribution in [1.29, 1.82) is 0 Å². The summed E-state index contributed by atoms with van der Waals surface area (Å²) < 4.78 is 25.7. The van der Waals surface area contributed by atoms with Gasteiger partial charge in [-0.3, -0.25) is 4.79 Å². The van der Waals surface area contributed by atoms with Gasteiger partial charge in [-0.05, 0) is 42.8 Å². The van der Waals surface area contributed by atoms with Crippen LogP contribution in [-0.2, 0) is 21.2 Å². The van der Waals surface area contributed by atoms with E-state index in [4.69, 9.17) is 0 Å². The zero-order chi connectivity index (χ0) is 19.7. The van der Waals surface area contributed by atoms with Gasteiger partial charge in [-0.25, -0.2) is 13.1 Å². The molecule has 0 aromatic heterocycles. The molecule has 0 unspecified atom stereocenters. The Morgan fingerprint density at radius 3 is 2.37 bits per heavy atom. The lowest BCUT2D eigenvalue weighted by Gasteiger charge is -2.19. The van der Waals surface area contributed by atoms with E-state index in [2.05, 4.69) is 11.3 Å². The average Bonchev–Trinajstić information content (AvgIpc) is 2.70. The van der Waals surface area contributed by atoms with E-state index >= 15 is 0 Å². The first-order valence-electron chi connectivity index (χ1n) is 8.61. The van der Waals surface area contributed by atoms with Gasteiger partial charge in [0.2, 0.25) is 15.9 Å². The number of nitrogens with one attached hydrogen (secondary N) is 1. The summed E-state index contributed by atoms with van der Waals surface area (Å²) in [5.41, 5.74) is 1.92. The Morgan fingerprint density at radius 1 is 1.11 bits per heavy atom. The molecule has 0 aliphatic heterocycles. The highest BCUT2D eigenvalue weighted by molar-refractivity contribution is 7.89. The average molecular weight is 385 g/mol. The van der Waals surface area contributed by atoms with Gasteiger partial charge in [0.05, 0.1) is 4.90 Å². The first-order chi connectivity index (χ1) is 13.0. The Bertz CT molecular complexity index is 889. The molecule has 0 saturated heterocycles. The molecule has 2 aromatic rings. The maximum absolute atomic E-state index is 12.5. The highest BCUT2D eigenvalue weighted by Gasteiger charge is 2.11. The van der Waals surface area contributed by atoms with Crippen molar-refractivity contribution in [2.45, 2.75) is 11.3 Å². The number of hydrogen-bond acceptors (Lipinski definition) is 3. The molecule has 0 atom stereocenters. The molecule has 1 N–H and O–H groups in total. The van der Waals surface area contributed by atoms with Crippen molar-refractivity contribution in [1.82, 2.24) is 9.62 Å². The molecule has 27 heavy (non-hydrogen) atoms. The summed E-state index contributed by atoms with van der Waals surface area (Å²) in [6.07, 6.45) is 5.64. The minimum absolute atomic E-state index is 0.113. The molecule has 0 spiro atoms. The summed E-state index contributed by atoms with van der Waals surface area (Å²) in [5, 5.41) is 0. The summed E-state index contributed by atoms with van der Waals surface area (Å²) in [5.74, 6) is -0.113. The summed E-state index contributed by atoms with van der Waals surface area (Å²) in [7, 11) is -2.09. The van der Waals surface area contributed by atoms with Crippen LogP contribution in [0.1, 0.15) is 11.1 Å². The van der Waals surface area contributed by atoms with Crippen LogP contribution in [0.5, 0.6) is 0 Å². The molecule has 2 aromatic carbocycles. The van der Waals surface area contributed by atoms with Crippen LogP contribution in [0.25, 0.3) is 6.08 Å². The Hall–Kier alpha value is -2.70. The normalized spacial score (nSPS) is 11.4. The molecule has 1 amide bonds.